The Hall–Kier alpha value is -5.89. The first-order valence-corrected chi connectivity index (χ1v) is 15.8. The van der Waals surface area contributed by atoms with E-state index in [0.717, 1.165) is 22.3 Å². The highest BCUT2D eigenvalue weighted by atomic mass is 16.5. The number of aliphatic hydroxyl groups is 1. The molecule has 0 saturated carbocycles. The second-order valence-electron chi connectivity index (χ2n) is 11.4. The van der Waals surface area contributed by atoms with E-state index >= 15 is 0 Å². The van der Waals surface area contributed by atoms with Crippen molar-refractivity contribution in [3.8, 4) is 16.9 Å². The lowest BCUT2D eigenvalue weighted by molar-refractivity contribution is -0.129. The van der Waals surface area contributed by atoms with Gasteiger partial charge >= 0.3 is 0 Å². The fourth-order valence-corrected chi connectivity index (χ4v) is 5.79. The summed E-state index contributed by atoms with van der Waals surface area (Å²) in [7, 11) is 0. The van der Waals surface area contributed by atoms with Crippen LogP contribution in [0.15, 0.2) is 144 Å². The van der Waals surface area contributed by atoms with Crippen LogP contribution in [0, 0.1) is 0 Å². The largest absolute Gasteiger partial charge is 0.494 e. The summed E-state index contributed by atoms with van der Waals surface area (Å²) in [5.41, 5.74) is 13.4. The maximum Gasteiger partial charge on any atom is 0.252 e. The molecule has 0 unspecified atom stereocenters. The van der Waals surface area contributed by atoms with Gasteiger partial charge in [-0.15, -0.1) is 0 Å². The fourth-order valence-electron chi connectivity index (χ4n) is 5.79. The quantitative estimate of drug-likeness (QED) is 0.0589. The molecule has 0 saturated heterocycles. The summed E-state index contributed by atoms with van der Waals surface area (Å²) < 4.78 is 12.4. The van der Waals surface area contributed by atoms with E-state index in [2.05, 4.69) is 15.3 Å². The molecule has 0 fully saturated rings. The highest BCUT2D eigenvalue weighted by molar-refractivity contribution is 6.01. The van der Waals surface area contributed by atoms with E-state index in [9.17, 15) is 10.3 Å². The lowest BCUT2D eigenvalue weighted by Crippen LogP contribution is -2.49. The van der Waals surface area contributed by atoms with Gasteiger partial charge in [0.05, 0.1) is 6.61 Å². The number of hydrogen-bond acceptors (Lipinski definition) is 6. The van der Waals surface area contributed by atoms with E-state index in [-0.39, 0.29) is 18.9 Å². The Morgan fingerprint density at radius 3 is 2.21 bits per heavy atom. The van der Waals surface area contributed by atoms with Gasteiger partial charge in [0.25, 0.3) is 5.91 Å². The third kappa shape index (κ3) is 7.23. The smallest absolute Gasteiger partial charge is 0.252 e. The molecule has 1 amide bonds. The zero-order valence-corrected chi connectivity index (χ0v) is 26.3. The van der Waals surface area contributed by atoms with E-state index in [4.69, 9.17) is 19.6 Å². The molecule has 5 aromatic rings. The number of nitrogens with one attached hydrogen (secondary N) is 1. The lowest BCUT2D eigenvalue weighted by Gasteiger charge is -2.31. The van der Waals surface area contributed by atoms with Gasteiger partial charge in [-0.2, -0.15) is 0 Å². The summed E-state index contributed by atoms with van der Waals surface area (Å²) in [6.07, 6.45) is -0.173. The number of amides is 1. The van der Waals surface area contributed by atoms with Crippen LogP contribution >= 0.6 is 0 Å². The molecule has 1 aliphatic heterocycles. The number of rotatable bonds is 13. The van der Waals surface area contributed by atoms with Gasteiger partial charge in [-0.1, -0.05) is 114 Å². The highest BCUT2D eigenvalue weighted by Gasteiger charge is 2.53. The van der Waals surface area contributed by atoms with Crippen LogP contribution in [0.1, 0.15) is 34.8 Å². The monoisotopic (exact) mass is 637 g/mol. The lowest BCUT2D eigenvalue weighted by atomic mass is 9.81. The van der Waals surface area contributed by atoms with E-state index in [1.807, 2.05) is 121 Å². The Bertz CT molecular complexity index is 1910. The molecule has 0 spiro atoms. The van der Waals surface area contributed by atoms with Crippen molar-refractivity contribution in [1.82, 2.24) is 5.32 Å². The van der Waals surface area contributed by atoms with Crippen LogP contribution in [0.4, 0.5) is 5.69 Å². The molecule has 1 aliphatic rings. The number of aliphatic imine (C=N–C) groups is 1. The summed E-state index contributed by atoms with van der Waals surface area (Å²) in [6, 6.07) is 42.3. The zero-order valence-electron chi connectivity index (χ0n) is 26.3. The zero-order chi connectivity index (χ0) is 33.2. The summed E-state index contributed by atoms with van der Waals surface area (Å²) in [4.78, 5) is 22.8. The fraction of sp³-hybridized carbons (Fsp3) is 0.179. The van der Waals surface area contributed by atoms with Gasteiger partial charge in [-0.25, -0.2) is 4.99 Å². The van der Waals surface area contributed by atoms with Gasteiger partial charge in [-0.05, 0) is 57.6 Å². The maximum absolute atomic E-state index is 14.6. The predicted molar refractivity (Wildman–Crippen MR) is 186 cm³/mol. The standard InChI is InChI=1S/C39H35N5O4/c40-44-43-35-15-8-7-14-33(35)26-39(38(46)41-27-28-10-3-1-4-11-28)36(31-18-16-30(17-19-31)29-12-5-2-6-13-29)48-37(42-39)32-20-22-34(23-21-32)47-25-9-24-45/h1-8,10-23,36,45H,9,24-27H2,(H,41,46)/t36-,39-/m1/s1. The van der Waals surface area contributed by atoms with Crippen LogP contribution in [0.3, 0.4) is 0 Å². The normalized spacial score (nSPS) is 16.7. The molecule has 48 heavy (non-hydrogen) atoms. The van der Waals surface area contributed by atoms with Gasteiger partial charge in [0.1, 0.15) is 5.75 Å². The van der Waals surface area contributed by atoms with Crippen molar-refractivity contribution in [3.05, 3.63) is 166 Å². The van der Waals surface area contributed by atoms with Crippen molar-refractivity contribution < 1.29 is 19.4 Å². The molecule has 2 N–H and O–H groups in total. The summed E-state index contributed by atoms with van der Waals surface area (Å²) >= 11 is 0. The minimum Gasteiger partial charge on any atom is -0.494 e. The first-order valence-electron chi connectivity index (χ1n) is 15.8. The minimum atomic E-state index is -1.46. The second-order valence-corrected chi connectivity index (χ2v) is 11.4. The van der Waals surface area contributed by atoms with Crippen molar-refractivity contribution in [2.75, 3.05) is 13.2 Å². The number of carbonyl (C=O) groups is 1. The first kappa shape index (κ1) is 32.1. The Morgan fingerprint density at radius 2 is 1.50 bits per heavy atom. The molecule has 9 heteroatoms. The average molecular weight is 638 g/mol. The molecule has 0 bridgehead atoms. The Labute approximate surface area is 279 Å². The number of hydrogen-bond donors (Lipinski definition) is 2. The van der Waals surface area contributed by atoms with Crippen molar-refractivity contribution in [2.45, 2.75) is 31.0 Å². The van der Waals surface area contributed by atoms with Crippen LogP contribution in [0.25, 0.3) is 21.6 Å². The van der Waals surface area contributed by atoms with E-state index in [1.54, 1.807) is 12.1 Å². The number of aliphatic hydroxyl groups excluding tert-OH is 1. The molecule has 0 radical (unpaired) electrons. The highest BCUT2D eigenvalue weighted by Crippen LogP contribution is 2.44. The number of azide groups is 1. The summed E-state index contributed by atoms with van der Waals surface area (Å²) in [5.74, 6) is 0.636. The molecule has 240 valence electrons. The number of ether oxygens (including phenoxy) is 2. The van der Waals surface area contributed by atoms with Gasteiger partial charge < -0.3 is 19.9 Å². The van der Waals surface area contributed by atoms with Gasteiger partial charge in [0.2, 0.25) is 5.90 Å². The molecule has 0 aliphatic carbocycles. The summed E-state index contributed by atoms with van der Waals surface area (Å²) in [6.45, 7) is 0.737. The molecule has 2 atom stereocenters. The Kier molecular flexibility index (Phi) is 10.1. The number of nitrogens with zero attached hydrogens (tertiary/aromatic N) is 4. The Balaban J connectivity index is 1.44. The average Bonchev–Trinajstić information content (AvgIpc) is 3.53. The topological polar surface area (TPSA) is 129 Å². The van der Waals surface area contributed by atoms with E-state index in [1.165, 1.54) is 0 Å². The Morgan fingerprint density at radius 1 is 0.854 bits per heavy atom. The molecule has 0 aromatic heterocycles. The summed E-state index contributed by atoms with van der Waals surface area (Å²) in [5, 5.41) is 16.2. The second kappa shape index (κ2) is 15.1. The van der Waals surface area contributed by atoms with Crippen molar-refractivity contribution in [1.29, 1.82) is 0 Å². The SMILES string of the molecule is [N-]=[N+]=Nc1ccccc1C[C@@]1(C(=O)NCc2ccccc2)N=C(c2ccc(OCCCO)cc2)O[C@@H]1c1ccc(-c2ccccc2)cc1. The molecule has 1 heterocycles. The van der Waals surface area contributed by atoms with E-state index < -0.39 is 11.6 Å². The first-order chi connectivity index (χ1) is 23.6. The van der Waals surface area contributed by atoms with Crippen LogP contribution in [0.5, 0.6) is 5.75 Å². The van der Waals surface area contributed by atoms with E-state index in [0.29, 0.717) is 48.0 Å². The van der Waals surface area contributed by atoms with Crippen molar-refractivity contribution >= 4 is 17.5 Å². The van der Waals surface area contributed by atoms with Crippen molar-refractivity contribution in [2.24, 2.45) is 10.1 Å². The number of benzene rings is 5. The van der Waals surface area contributed by atoms with Crippen LogP contribution in [-0.4, -0.2) is 35.7 Å². The van der Waals surface area contributed by atoms with Gasteiger partial charge in [0.15, 0.2) is 11.6 Å². The van der Waals surface area contributed by atoms with Crippen LogP contribution in [-0.2, 0) is 22.5 Å². The maximum atomic E-state index is 14.6. The van der Waals surface area contributed by atoms with Gasteiger partial charge in [-0.3, -0.25) is 4.79 Å². The molecular formula is C39H35N5O4. The van der Waals surface area contributed by atoms with Crippen LogP contribution < -0.4 is 10.1 Å². The predicted octanol–water partition coefficient (Wildman–Crippen LogP) is 7.87. The van der Waals surface area contributed by atoms with Gasteiger partial charge in [0, 0.05) is 42.2 Å². The van der Waals surface area contributed by atoms with Crippen molar-refractivity contribution in [3.63, 3.8) is 0 Å². The third-order valence-corrected chi connectivity index (χ3v) is 8.25. The number of carbonyl (C=O) groups excluding carboxylic acids is 1. The molecule has 9 nitrogen and oxygen atoms in total. The minimum absolute atomic E-state index is 0.0493. The molecular weight excluding hydrogens is 602 g/mol. The third-order valence-electron chi connectivity index (χ3n) is 8.25. The molecule has 6 rings (SSSR count). The molecule has 5 aromatic carbocycles. The van der Waals surface area contributed by atoms with Crippen LogP contribution in [0.2, 0.25) is 0 Å².